The van der Waals surface area contributed by atoms with Crippen molar-refractivity contribution in [3.8, 4) is 0 Å². The molecular weight excluding hydrogens is 329 g/mol. The molecule has 8 heteroatoms. The molecule has 3 amide bonds. The van der Waals surface area contributed by atoms with Crippen molar-refractivity contribution in [2.75, 3.05) is 13.1 Å². The van der Waals surface area contributed by atoms with Gasteiger partial charge in [-0.05, 0) is 36.8 Å². The minimum atomic E-state index is -0.524. The third kappa shape index (κ3) is 5.76. The Bertz CT molecular complexity index is 746. The second kappa shape index (κ2) is 8.62. The standard InChI is InChI=1S/C17H18FN3O4/c1-11(12-4-2-5-13(18)8-12)21-16(23)10-19-15(22)9-20-17(24)14-6-3-7-25-14/h2-8,11H,9-10H2,1H3,(H,19,22)(H,20,24)(H,21,23). The zero-order chi connectivity index (χ0) is 18.2. The van der Waals surface area contributed by atoms with E-state index < -0.39 is 23.8 Å². The third-order valence-electron chi connectivity index (χ3n) is 3.33. The summed E-state index contributed by atoms with van der Waals surface area (Å²) >= 11 is 0. The van der Waals surface area contributed by atoms with Crippen molar-refractivity contribution in [1.82, 2.24) is 16.0 Å². The Morgan fingerprint density at radius 2 is 1.84 bits per heavy atom. The van der Waals surface area contributed by atoms with E-state index in [0.29, 0.717) is 5.56 Å². The Morgan fingerprint density at radius 3 is 2.52 bits per heavy atom. The predicted molar refractivity (Wildman–Crippen MR) is 87.0 cm³/mol. The van der Waals surface area contributed by atoms with Gasteiger partial charge in [-0.2, -0.15) is 0 Å². The molecule has 7 nitrogen and oxygen atoms in total. The van der Waals surface area contributed by atoms with Crippen LogP contribution in [-0.4, -0.2) is 30.8 Å². The zero-order valence-electron chi connectivity index (χ0n) is 13.5. The molecule has 2 rings (SSSR count). The Labute approximate surface area is 143 Å². The van der Waals surface area contributed by atoms with Gasteiger partial charge in [0.15, 0.2) is 5.76 Å². The first-order valence-corrected chi connectivity index (χ1v) is 7.59. The molecule has 1 aromatic carbocycles. The van der Waals surface area contributed by atoms with Gasteiger partial charge >= 0.3 is 0 Å². The molecule has 1 atom stereocenters. The van der Waals surface area contributed by atoms with Gasteiger partial charge in [0.2, 0.25) is 11.8 Å². The normalized spacial score (nSPS) is 11.4. The van der Waals surface area contributed by atoms with Crippen molar-refractivity contribution in [2.24, 2.45) is 0 Å². The number of rotatable bonds is 7. The highest BCUT2D eigenvalue weighted by atomic mass is 19.1. The van der Waals surface area contributed by atoms with Gasteiger partial charge in [0.1, 0.15) is 5.82 Å². The summed E-state index contributed by atoms with van der Waals surface area (Å²) in [5, 5.41) is 7.39. The first-order chi connectivity index (χ1) is 12.0. The van der Waals surface area contributed by atoms with Crippen LogP contribution in [0.15, 0.2) is 47.1 Å². The summed E-state index contributed by atoms with van der Waals surface area (Å²) in [4.78, 5) is 35.0. The molecular formula is C17H18FN3O4. The Kier molecular flexibility index (Phi) is 6.27. The number of carbonyl (C=O) groups excluding carboxylic acids is 3. The van der Waals surface area contributed by atoms with E-state index in [-0.39, 0.29) is 24.7 Å². The van der Waals surface area contributed by atoms with Crippen LogP contribution >= 0.6 is 0 Å². The van der Waals surface area contributed by atoms with E-state index in [9.17, 15) is 18.8 Å². The summed E-state index contributed by atoms with van der Waals surface area (Å²) in [5.41, 5.74) is 0.616. The molecule has 0 saturated heterocycles. The van der Waals surface area contributed by atoms with Gasteiger partial charge in [0.25, 0.3) is 5.91 Å². The fraction of sp³-hybridized carbons (Fsp3) is 0.235. The lowest BCUT2D eigenvalue weighted by Gasteiger charge is -2.14. The Morgan fingerprint density at radius 1 is 1.08 bits per heavy atom. The molecule has 1 heterocycles. The minimum Gasteiger partial charge on any atom is -0.459 e. The number of hydrogen-bond acceptors (Lipinski definition) is 4. The Balaban J connectivity index is 1.70. The summed E-state index contributed by atoms with van der Waals surface area (Å²) in [7, 11) is 0. The first-order valence-electron chi connectivity index (χ1n) is 7.59. The molecule has 2 aromatic rings. The van der Waals surface area contributed by atoms with Gasteiger partial charge in [-0.3, -0.25) is 14.4 Å². The van der Waals surface area contributed by atoms with Crippen molar-refractivity contribution in [2.45, 2.75) is 13.0 Å². The summed E-state index contributed by atoms with van der Waals surface area (Å²) in [6.07, 6.45) is 1.35. The van der Waals surface area contributed by atoms with Crippen molar-refractivity contribution in [3.63, 3.8) is 0 Å². The van der Waals surface area contributed by atoms with E-state index in [2.05, 4.69) is 16.0 Å². The van der Waals surface area contributed by atoms with Crippen LogP contribution in [0.5, 0.6) is 0 Å². The van der Waals surface area contributed by atoms with Gasteiger partial charge in [-0.15, -0.1) is 0 Å². The fourth-order valence-corrected chi connectivity index (χ4v) is 2.05. The maximum Gasteiger partial charge on any atom is 0.287 e. The van der Waals surface area contributed by atoms with Crippen molar-refractivity contribution >= 4 is 17.7 Å². The molecule has 0 aliphatic carbocycles. The Hall–Kier alpha value is -3.16. The third-order valence-corrected chi connectivity index (χ3v) is 3.33. The maximum atomic E-state index is 13.2. The highest BCUT2D eigenvalue weighted by Gasteiger charge is 2.13. The summed E-state index contributed by atoms with van der Waals surface area (Å²) < 4.78 is 18.0. The number of furan rings is 1. The van der Waals surface area contributed by atoms with Crippen LogP contribution in [0.1, 0.15) is 29.1 Å². The van der Waals surface area contributed by atoms with Crippen molar-refractivity contribution < 1.29 is 23.2 Å². The summed E-state index contributed by atoms with van der Waals surface area (Å²) in [5.74, 6) is -1.77. The summed E-state index contributed by atoms with van der Waals surface area (Å²) in [6, 6.07) is 8.50. The van der Waals surface area contributed by atoms with E-state index in [1.54, 1.807) is 25.1 Å². The largest absolute Gasteiger partial charge is 0.459 e. The number of hydrogen-bond donors (Lipinski definition) is 3. The number of amides is 3. The number of carbonyl (C=O) groups is 3. The molecule has 0 bridgehead atoms. The minimum absolute atomic E-state index is 0.0921. The first kappa shape index (κ1) is 18.2. The van der Waals surface area contributed by atoms with Crippen LogP contribution < -0.4 is 16.0 Å². The fourth-order valence-electron chi connectivity index (χ4n) is 2.05. The van der Waals surface area contributed by atoms with Gasteiger partial charge in [-0.1, -0.05) is 12.1 Å². The van der Waals surface area contributed by atoms with Gasteiger partial charge in [0, 0.05) is 0 Å². The number of halogens is 1. The lowest BCUT2D eigenvalue weighted by Crippen LogP contribution is -2.42. The average Bonchev–Trinajstić information content (AvgIpc) is 3.12. The molecule has 0 saturated carbocycles. The zero-order valence-corrected chi connectivity index (χ0v) is 13.5. The van der Waals surface area contributed by atoms with Gasteiger partial charge < -0.3 is 20.4 Å². The number of nitrogens with one attached hydrogen (secondary N) is 3. The van der Waals surface area contributed by atoms with E-state index >= 15 is 0 Å². The molecule has 0 fully saturated rings. The molecule has 0 aliphatic heterocycles. The average molecular weight is 347 g/mol. The quantitative estimate of drug-likeness (QED) is 0.699. The van der Waals surface area contributed by atoms with E-state index in [4.69, 9.17) is 4.42 Å². The second-order valence-corrected chi connectivity index (χ2v) is 5.28. The van der Waals surface area contributed by atoms with Crippen LogP contribution in [-0.2, 0) is 9.59 Å². The molecule has 1 unspecified atom stereocenters. The predicted octanol–water partition coefficient (Wildman–Crippen LogP) is 1.14. The van der Waals surface area contributed by atoms with Crippen molar-refractivity contribution in [1.29, 1.82) is 0 Å². The highest BCUT2D eigenvalue weighted by Crippen LogP contribution is 2.12. The molecule has 0 spiro atoms. The lowest BCUT2D eigenvalue weighted by molar-refractivity contribution is -0.125. The van der Waals surface area contributed by atoms with E-state index in [1.807, 2.05) is 0 Å². The number of benzene rings is 1. The van der Waals surface area contributed by atoms with Crippen molar-refractivity contribution in [3.05, 3.63) is 59.8 Å². The second-order valence-electron chi connectivity index (χ2n) is 5.28. The van der Waals surface area contributed by atoms with Crippen LogP contribution in [0.4, 0.5) is 4.39 Å². The molecule has 132 valence electrons. The van der Waals surface area contributed by atoms with E-state index in [0.717, 1.165) is 0 Å². The van der Waals surface area contributed by atoms with Crippen LogP contribution in [0, 0.1) is 5.82 Å². The van der Waals surface area contributed by atoms with E-state index in [1.165, 1.54) is 24.5 Å². The SMILES string of the molecule is CC(NC(=O)CNC(=O)CNC(=O)c1ccco1)c1cccc(F)c1. The molecule has 3 N–H and O–H groups in total. The van der Waals surface area contributed by atoms with Gasteiger partial charge in [0.05, 0.1) is 25.4 Å². The van der Waals surface area contributed by atoms with Crippen LogP contribution in [0.2, 0.25) is 0 Å². The van der Waals surface area contributed by atoms with Gasteiger partial charge in [-0.25, -0.2) is 4.39 Å². The smallest absolute Gasteiger partial charge is 0.287 e. The summed E-state index contributed by atoms with van der Waals surface area (Å²) in [6.45, 7) is 1.17. The molecule has 0 aliphatic rings. The molecule has 25 heavy (non-hydrogen) atoms. The topological polar surface area (TPSA) is 100 Å². The molecule has 0 radical (unpaired) electrons. The highest BCUT2D eigenvalue weighted by molar-refractivity contribution is 5.94. The maximum absolute atomic E-state index is 13.2. The monoisotopic (exact) mass is 347 g/mol. The lowest BCUT2D eigenvalue weighted by atomic mass is 10.1. The van der Waals surface area contributed by atoms with Crippen LogP contribution in [0.25, 0.3) is 0 Å². The molecule has 1 aromatic heterocycles. The van der Waals surface area contributed by atoms with Crippen LogP contribution in [0.3, 0.4) is 0 Å².